The second-order valence-electron chi connectivity index (χ2n) is 8.87. The topological polar surface area (TPSA) is 61.7 Å². The Balaban J connectivity index is 1.40. The van der Waals surface area contributed by atoms with Crippen molar-refractivity contribution in [2.24, 2.45) is 17.3 Å². The lowest BCUT2D eigenvalue weighted by molar-refractivity contribution is -0.172. The molecule has 3 unspecified atom stereocenters. The summed E-state index contributed by atoms with van der Waals surface area (Å²) in [7, 11) is 0. The minimum absolute atomic E-state index is 0.0350. The molecule has 4 bridgehead atoms. The molecule has 138 valence electrons. The number of ether oxygens (including phenoxy) is 1. The standard InChI is InChI=1S/C21H31NO3/c1-15(22-13-16-3-2-4-19(8-16)25-6-5-23)20-9-17-7-18(10-20)12-21(24,11-17)14-20/h2-4,8,15,17-18,22-24H,5-7,9-14H2,1H3. The number of rotatable bonds is 7. The summed E-state index contributed by atoms with van der Waals surface area (Å²) in [5, 5.41) is 23.6. The lowest BCUT2D eigenvalue weighted by Gasteiger charge is -2.62. The number of hydrogen-bond acceptors (Lipinski definition) is 4. The fourth-order valence-electron chi connectivity index (χ4n) is 6.19. The predicted octanol–water partition coefficient (Wildman–Crippen LogP) is 2.87. The van der Waals surface area contributed by atoms with Gasteiger partial charge >= 0.3 is 0 Å². The van der Waals surface area contributed by atoms with Crippen molar-refractivity contribution in [1.82, 2.24) is 5.32 Å². The van der Waals surface area contributed by atoms with E-state index in [4.69, 9.17) is 9.84 Å². The number of benzene rings is 1. The molecule has 0 aromatic heterocycles. The average Bonchev–Trinajstić information content (AvgIpc) is 2.56. The lowest BCUT2D eigenvalue weighted by atomic mass is 9.46. The maximum atomic E-state index is 11.0. The van der Waals surface area contributed by atoms with E-state index in [9.17, 15) is 5.11 Å². The van der Waals surface area contributed by atoms with Gasteiger partial charge in [0.15, 0.2) is 0 Å². The Morgan fingerprint density at radius 3 is 2.68 bits per heavy atom. The summed E-state index contributed by atoms with van der Waals surface area (Å²) in [6, 6.07) is 8.49. The quantitative estimate of drug-likeness (QED) is 0.711. The highest BCUT2D eigenvalue weighted by atomic mass is 16.5. The van der Waals surface area contributed by atoms with Gasteiger partial charge in [-0.15, -0.1) is 0 Å². The Hall–Kier alpha value is -1.10. The molecule has 0 heterocycles. The molecule has 1 aromatic rings. The van der Waals surface area contributed by atoms with Crippen molar-refractivity contribution in [3.8, 4) is 5.75 Å². The molecule has 25 heavy (non-hydrogen) atoms. The minimum atomic E-state index is -0.391. The molecule has 0 aliphatic heterocycles. The van der Waals surface area contributed by atoms with Gasteiger partial charge in [-0.05, 0) is 80.4 Å². The van der Waals surface area contributed by atoms with E-state index < -0.39 is 5.60 Å². The van der Waals surface area contributed by atoms with Crippen LogP contribution in [0, 0.1) is 17.3 Å². The maximum Gasteiger partial charge on any atom is 0.119 e. The summed E-state index contributed by atoms with van der Waals surface area (Å²) in [5.74, 6) is 2.27. The van der Waals surface area contributed by atoms with Crippen LogP contribution in [0.15, 0.2) is 24.3 Å². The number of aliphatic hydroxyl groups is 2. The third-order valence-electron chi connectivity index (χ3n) is 6.86. The van der Waals surface area contributed by atoms with Crippen molar-refractivity contribution in [3.05, 3.63) is 29.8 Å². The zero-order chi connectivity index (χ0) is 17.5. The Bertz CT molecular complexity index is 603. The maximum absolute atomic E-state index is 11.0. The summed E-state index contributed by atoms with van der Waals surface area (Å²) >= 11 is 0. The summed E-state index contributed by atoms with van der Waals surface area (Å²) in [5.41, 5.74) is 1.08. The fourth-order valence-corrected chi connectivity index (χ4v) is 6.19. The molecule has 3 atom stereocenters. The van der Waals surface area contributed by atoms with Gasteiger partial charge in [0.1, 0.15) is 12.4 Å². The van der Waals surface area contributed by atoms with Crippen LogP contribution in [0.2, 0.25) is 0 Å². The van der Waals surface area contributed by atoms with Gasteiger partial charge in [0.05, 0.1) is 12.2 Å². The molecule has 4 aliphatic carbocycles. The Morgan fingerprint density at radius 1 is 1.24 bits per heavy atom. The zero-order valence-electron chi connectivity index (χ0n) is 15.2. The van der Waals surface area contributed by atoms with Crippen LogP contribution >= 0.6 is 0 Å². The SMILES string of the molecule is CC(NCc1cccc(OCCO)c1)C12CC3CC(CC(O)(C3)C1)C2. The van der Waals surface area contributed by atoms with E-state index in [-0.39, 0.29) is 12.0 Å². The van der Waals surface area contributed by atoms with Gasteiger partial charge in [0, 0.05) is 12.6 Å². The second kappa shape index (κ2) is 6.57. The van der Waals surface area contributed by atoms with Crippen molar-refractivity contribution in [2.75, 3.05) is 13.2 Å². The van der Waals surface area contributed by atoms with Crippen LogP contribution in [0.3, 0.4) is 0 Å². The first-order valence-electron chi connectivity index (χ1n) is 9.79. The third-order valence-corrected chi connectivity index (χ3v) is 6.86. The Labute approximate surface area is 150 Å². The summed E-state index contributed by atoms with van der Waals surface area (Å²) in [4.78, 5) is 0. The molecule has 4 saturated carbocycles. The molecule has 4 aliphatic rings. The van der Waals surface area contributed by atoms with Gasteiger partial charge in [-0.2, -0.15) is 0 Å². The first-order valence-corrected chi connectivity index (χ1v) is 9.79. The molecule has 0 radical (unpaired) electrons. The average molecular weight is 345 g/mol. The number of hydrogen-bond donors (Lipinski definition) is 3. The van der Waals surface area contributed by atoms with Crippen molar-refractivity contribution in [1.29, 1.82) is 0 Å². The van der Waals surface area contributed by atoms with E-state index in [0.29, 0.717) is 12.6 Å². The molecule has 0 saturated heterocycles. The molecule has 0 spiro atoms. The van der Waals surface area contributed by atoms with Crippen LogP contribution in [-0.4, -0.2) is 35.1 Å². The normalized spacial score (nSPS) is 37.2. The molecule has 3 N–H and O–H groups in total. The van der Waals surface area contributed by atoms with Crippen molar-refractivity contribution < 1.29 is 14.9 Å². The van der Waals surface area contributed by atoms with Crippen LogP contribution in [-0.2, 0) is 6.54 Å². The smallest absolute Gasteiger partial charge is 0.119 e. The van der Waals surface area contributed by atoms with E-state index in [1.807, 2.05) is 18.2 Å². The predicted molar refractivity (Wildman–Crippen MR) is 97.4 cm³/mol. The highest BCUT2D eigenvalue weighted by Crippen LogP contribution is 2.62. The van der Waals surface area contributed by atoms with Gasteiger partial charge in [0.2, 0.25) is 0 Å². The monoisotopic (exact) mass is 345 g/mol. The van der Waals surface area contributed by atoms with Crippen LogP contribution in [0.25, 0.3) is 0 Å². The zero-order valence-corrected chi connectivity index (χ0v) is 15.2. The van der Waals surface area contributed by atoms with Gasteiger partial charge in [0.25, 0.3) is 0 Å². The van der Waals surface area contributed by atoms with E-state index in [1.165, 1.54) is 24.8 Å². The molecular formula is C21H31NO3. The van der Waals surface area contributed by atoms with Gasteiger partial charge in [-0.25, -0.2) is 0 Å². The molecule has 4 heteroatoms. The first kappa shape index (κ1) is 17.3. The van der Waals surface area contributed by atoms with Crippen molar-refractivity contribution >= 4 is 0 Å². The molecule has 4 fully saturated rings. The summed E-state index contributed by atoms with van der Waals surface area (Å²) < 4.78 is 5.51. The molecule has 0 amide bonds. The molecule has 1 aromatic carbocycles. The third kappa shape index (κ3) is 3.44. The van der Waals surface area contributed by atoms with Crippen LogP contribution in [0.5, 0.6) is 5.75 Å². The van der Waals surface area contributed by atoms with Gasteiger partial charge in [-0.1, -0.05) is 12.1 Å². The number of aliphatic hydroxyl groups excluding tert-OH is 1. The van der Waals surface area contributed by atoms with Gasteiger partial charge < -0.3 is 20.3 Å². The van der Waals surface area contributed by atoms with Crippen LogP contribution in [0.4, 0.5) is 0 Å². The number of nitrogens with one attached hydrogen (secondary N) is 1. The first-order chi connectivity index (χ1) is 12.0. The fraction of sp³-hybridized carbons (Fsp3) is 0.714. The second-order valence-corrected chi connectivity index (χ2v) is 8.87. The van der Waals surface area contributed by atoms with Gasteiger partial charge in [-0.3, -0.25) is 0 Å². The van der Waals surface area contributed by atoms with E-state index in [0.717, 1.165) is 43.4 Å². The molecular weight excluding hydrogens is 314 g/mol. The van der Waals surface area contributed by atoms with E-state index >= 15 is 0 Å². The summed E-state index contributed by atoms with van der Waals surface area (Å²) in [6.07, 6.45) is 6.92. The van der Waals surface area contributed by atoms with Crippen LogP contribution in [0.1, 0.15) is 51.0 Å². The van der Waals surface area contributed by atoms with E-state index in [2.05, 4.69) is 18.3 Å². The largest absolute Gasteiger partial charge is 0.491 e. The van der Waals surface area contributed by atoms with Crippen LogP contribution < -0.4 is 10.1 Å². The van der Waals surface area contributed by atoms with Crippen molar-refractivity contribution in [3.63, 3.8) is 0 Å². The Morgan fingerprint density at radius 2 is 2.00 bits per heavy atom. The molecule has 5 rings (SSSR count). The Kier molecular flexibility index (Phi) is 4.55. The van der Waals surface area contributed by atoms with Crippen molar-refractivity contribution in [2.45, 2.75) is 63.6 Å². The van der Waals surface area contributed by atoms with E-state index in [1.54, 1.807) is 0 Å². The highest BCUT2D eigenvalue weighted by Gasteiger charge is 2.58. The molecule has 4 nitrogen and oxygen atoms in total. The summed E-state index contributed by atoms with van der Waals surface area (Å²) in [6.45, 7) is 3.49. The minimum Gasteiger partial charge on any atom is -0.491 e. The highest BCUT2D eigenvalue weighted by molar-refractivity contribution is 5.28. The lowest BCUT2D eigenvalue weighted by Crippen LogP contribution is -2.61.